The number of halogens is 1. The first-order valence-electron chi connectivity index (χ1n) is 12.8. The van der Waals surface area contributed by atoms with Gasteiger partial charge in [-0.25, -0.2) is 0 Å². The lowest BCUT2D eigenvalue weighted by molar-refractivity contribution is -0.118. The van der Waals surface area contributed by atoms with E-state index >= 15 is 0 Å². The maximum atomic E-state index is 13.7. The molecule has 37 heavy (non-hydrogen) atoms. The van der Waals surface area contributed by atoms with E-state index in [9.17, 15) is 9.59 Å². The number of hydrogen-bond acceptors (Lipinski definition) is 4. The van der Waals surface area contributed by atoms with Gasteiger partial charge < -0.3 is 15.4 Å². The number of nitrogens with one attached hydrogen (secondary N) is 2. The molecule has 190 valence electrons. The normalized spacial score (nSPS) is 19.6. The molecular weight excluding hydrogens is 488 g/mol. The van der Waals surface area contributed by atoms with Crippen molar-refractivity contribution in [3.8, 4) is 0 Å². The summed E-state index contributed by atoms with van der Waals surface area (Å²) in [6.45, 7) is 3.99. The van der Waals surface area contributed by atoms with Crippen LogP contribution >= 0.6 is 11.6 Å². The summed E-state index contributed by atoms with van der Waals surface area (Å²) >= 11 is 6.51. The topological polar surface area (TPSA) is 85.2 Å². The highest BCUT2D eigenvalue weighted by Crippen LogP contribution is 2.45. The van der Waals surface area contributed by atoms with Gasteiger partial charge in [-0.15, -0.1) is 0 Å². The Hall–Kier alpha value is -3.42. The molecule has 7 nitrogen and oxygen atoms in total. The third-order valence-electron chi connectivity index (χ3n) is 8.00. The SMILES string of the molecule is CCn1nccc1C(=O)NC(C(=O)Nc1ccc2c(c1)C=CC21CCOCC1)C1Cc2cccc(Cl)c21. The van der Waals surface area contributed by atoms with Crippen molar-refractivity contribution in [1.82, 2.24) is 15.1 Å². The molecule has 1 fully saturated rings. The molecule has 2 unspecified atom stereocenters. The number of rotatable bonds is 6. The van der Waals surface area contributed by atoms with Crippen molar-refractivity contribution < 1.29 is 14.3 Å². The fourth-order valence-electron chi connectivity index (χ4n) is 5.97. The number of allylic oxidation sites excluding steroid dienone is 1. The molecule has 0 bridgehead atoms. The molecule has 3 aliphatic rings. The van der Waals surface area contributed by atoms with Crippen LogP contribution in [0.4, 0.5) is 5.69 Å². The van der Waals surface area contributed by atoms with Crippen molar-refractivity contribution >= 4 is 35.2 Å². The van der Waals surface area contributed by atoms with E-state index in [-0.39, 0.29) is 23.1 Å². The lowest BCUT2D eigenvalue weighted by atomic mass is 9.73. The molecule has 8 heteroatoms. The Morgan fingerprint density at radius 1 is 1.22 bits per heavy atom. The molecule has 1 saturated heterocycles. The van der Waals surface area contributed by atoms with E-state index in [1.54, 1.807) is 16.9 Å². The van der Waals surface area contributed by atoms with Gasteiger partial charge in [-0.3, -0.25) is 14.3 Å². The zero-order valence-electron chi connectivity index (χ0n) is 20.7. The van der Waals surface area contributed by atoms with Crippen LogP contribution in [0, 0.1) is 0 Å². The molecule has 0 radical (unpaired) electrons. The largest absolute Gasteiger partial charge is 0.381 e. The van der Waals surface area contributed by atoms with Crippen LogP contribution in [0.15, 0.2) is 54.7 Å². The van der Waals surface area contributed by atoms with Gasteiger partial charge in [0.1, 0.15) is 11.7 Å². The van der Waals surface area contributed by atoms with Gasteiger partial charge >= 0.3 is 0 Å². The first-order chi connectivity index (χ1) is 18.0. The molecular formula is C29H29ClN4O3. The average Bonchev–Trinajstić information content (AvgIpc) is 3.50. The number of amides is 2. The first-order valence-corrected chi connectivity index (χ1v) is 13.2. The number of aromatic nitrogens is 2. The standard InChI is InChI=1S/C29H29ClN4O3/c1-2-34-24(9-13-31-34)27(35)33-26(21-17-19-4-3-5-23(30)25(19)21)28(36)32-20-6-7-22-18(16-20)8-10-29(22)11-14-37-15-12-29/h3-10,13,16,21,26H,2,11-12,14-15,17H2,1H3,(H,32,36)(H,33,35). The van der Waals surface area contributed by atoms with Gasteiger partial charge in [-0.05, 0) is 72.7 Å². The third kappa shape index (κ3) is 4.16. The van der Waals surface area contributed by atoms with Gasteiger partial charge in [0.15, 0.2) is 0 Å². The summed E-state index contributed by atoms with van der Waals surface area (Å²) in [4.78, 5) is 26.9. The molecule has 2 N–H and O–H groups in total. The first kappa shape index (κ1) is 23.9. The summed E-state index contributed by atoms with van der Waals surface area (Å²) in [5.74, 6) is -0.821. The van der Waals surface area contributed by atoms with Gasteiger partial charge in [0.05, 0.1) is 0 Å². The van der Waals surface area contributed by atoms with Crippen molar-refractivity contribution in [2.75, 3.05) is 18.5 Å². The van der Waals surface area contributed by atoms with Crippen molar-refractivity contribution in [3.05, 3.63) is 87.7 Å². The summed E-state index contributed by atoms with van der Waals surface area (Å²) in [5.41, 5.74) is 5.58. The summed E-state index contributed by atoms with van der Waals surface area (Å²) in [5, 5.41) is 10.9. The molecule has 1 aromatic heterocycles. The Bertz CT molecular complexity index is 1390. The minimum atomic E-state index is -0.786. The molecule has 2 amide bonds. The van der Waals surface area contributed by atoms with Crippen molar-refractivity contribution in [2.45, 2.75) is 50.1 Å². The van der Waals surface area contributed by atoms with Crippen molar-refractivity contribution in [1.29, 1.82) is 0 Å². The van der Waals surface area contributed by atoms with Gasteiger partial charge in [0, 0.05) is 48.0 Å². The van der Waals surface area contributed by atoms with Crippen LogP contribution in [0.25, 0.3) is 6.08 Å². The van der Waals surface area contributed by atoms with Crippen LogP contribution in [0.5, 0.6) is 0 Å². The highest BCUT2D eigenvalue weighted by Gasteiger charge is 2.40. The molecule has 2 heterocycles. The number of aryl methyl sites for hydroxylation is 1. The van der Waals surface area contributed by atoms with Gasteiger partial charge in [0.25, 0.3) is 5.91 Å². The van der Waals surface area contributed by atoms with Gasteiger partial charge in [-0.2, -0.15) is 5.10 Å². The molecule has 1 aliphatic heterocycles. The lowest BCUT2D eigenvalue weighted by Gasteiger charge is -2.37. The third-order valence-corrected chi connectivity index (χ3v) is 8.33. The van der Waals surface area contributed by atoms with Crippen LogP contribution in [-0.2, 0) is 27.9 Å². The summed E-state index contributed by atoms with van der Waals surface area (Å²) < 4.78 is 7.19. The van der Waals surface area contributed by atoms with Crippen LogP contribution in [0.1, 0.15) is 58.4 Å². The highest BCUT2D eigenvalue weighted by molar-refractivity contribution is 6.31. The minimum absolute atomic E-state index is 0.0290. The number of carbonyl (C=O) groups is 2. The predicted molar refractivity (Wildman–Crippen MR) is 143 cm³/mol. The average molecular weight is 517 g/mol. The maximum absolute atomic E-state index is 13.7. The molecule has 2 aromatic carbocycles. The summed E-state index contributed by atoms with van der Waals surface area (Å²) in [6, 6.07) is 12.7. The number of nitrogens with zero attached hydrogens (tertiary/aromatic N) is 2. The van der Waals surface area contributed by atoms with E-state index in [4.69, 9.17) is 16.3 Å². The smallest absolute Gasteiger partial charge is 0.270 e. The van der Waals surface area contributed by atoms with Crippen molar-refractivity contribution in [3.63, 3.8) is 0 Å². The number of benzene rings is 2. The highest BCUT2D eigenvalue weighted by atomic mass is 35.5. The monoisotopic (exact) mass is 516 g/mol. The summed E-state index contributed by atoms with van der Waals surface area (Å²) in [7, 11) is 0. The van der Waals surface area contributed by atoms with E-state index in [1.165, 1.54) is 5.56 Å². The molecule has 2 aliphatic carbocycles. The fourth-order valence-corrected chi connectivity index (χ4v) is 6.31. The molecule has 6 rings (SSSR count). The molecule has 1 spiro atoms. The Morgan fingerprint density at radius 2 is 2.05 bits per heavy atom. The second-order valence-electron chi connectivity index (χ2n) is 10.00. The number of hydrogen-bond donors (Lipinski definition) is 2. The van der Waals surface area contributed by atoms with E-state index < -0.39 is 6.04 Å². The zero-order chi connectivity index (χ0) is 25.6. The minimum Gasteiger partial charge on any atom is -0.381 e. The number of anilines is 1. The fraction of sp³-hybridized carbons (Fsp3) is 0.345. The Labute approximate surface area is 220 Å². The van der Waals surface area contributed by atoms with Gasteiger partial charge in [-0.1, -0.05) is 42.0 Å². The van der Waals surface area contributed by atoms with E-state index in [2.05, 4.69) is 34.0 Å². The molecule has 2 atom stereocenters. The number of carbonyl (C=O) groups excluding carboxylic acids is 2. The predicted octanol–water partition coefficient (Wildman–Crippen LogP) is 4.71. The second-order valence-corrected chi connectivity index (χ2v) is 10.4. The van der Waals surface area contributed by atoms with Crippen molar-refractivity contribution in [2.24, 2.45) is 0 Å². The Balaban J connectivity index is 1.26. The Kier molecular flexibility index (Phi) is 6.13. The number of ether oxygens (including phenoxy) is 1. The molecule has 0 saturated carbocycles. The Morgan fingerprint density at radius 3 is 2.84 bits per heavy atom. The number of fused-ring (bicyclic) bond motifs is 3. The van der Waals surface area contributed by atoms with Crippen LogP contribution < -0.4 is 10.6 Å². The van der Waals surface area contributed by atoms with E-state index in [1.807, 2.05) is 37.3 Å². The van der Waals surface area contributed by atoms with E-state index in [0.29, 0.717) is 29.4 Å². The van der Waals surface area contributed by atoms with Crippen LogP contribution in [-0.4, -0.2) is 40.9 Å². The zero-order valence-corrected chi connectivity index (χ0v) is 21.4. The quantitative estimate of drug-likeness (QED) is 0.497. The van der Waals surface area contributed by atoms with E-state index in [0.717, 1.165) is 42.7 Å². The summed E-state index contributed by atoms with van der Waals surface area (Å²) in [6.07, 6.45) is 8.60. The van der Waals surface area contributed by atoms with Crippen LogP contribution in [0.3, 0.4) is 0 Å². The maximum Gasteiger partial charge on any atom is 0.270 e. The second kappa shape index (κ2) is 9.47. The van der Waals surface area contributed by atoms with Crippen LogP contribution in [0.2, 0.25) is 5.02 Å². The lowest BCUT2D eigenvalue weighted by Crippen LogP contribution is -2.50. The molecule has 3 aromatic rings. The van der Waals surface area contributed by atoms with Gasteiger partial charge in [0.2, 0.25) is 5.91 Å².